The monoisotopic (exact) mass is 309 g/mol. The maximum absolute atomic E-state index is 11.8. The van der Waals surface area contributed by atoms with Gasteiger partial charge >= 0.3 is 6.03 Å². The van der Waals surface area contributed by atoms with Gasteiger partial charge in [-0.05, 0) is 61.0 Å². The molecular formula is C16H27N3OS. The second-order valence-electron chi connectivity index (χ2n) is 6.19. The van der Waals surface area contributed by atoms with E-state index < -0.39 is 0 Å². The molecule has 0 radical (unpaired) electrons. The number of likely N-dealkylation sites (tertiary alicyclic amines) is 1. The number of hydrogen-bond donors (Lipinski definition) is 2. The zero-order chi connectivity index (χ0) is 15.1. The van der Waals surface area contributed by atoms with Crippen molar-refractivity contribution in [3.05, 3.63) is 22.4 Å². The minimum absolute atomic E-state index is 0.0530. The molecule has 1 aromatic rings. The maximum Gasteiger partial charge on any atom is 0.315 e. The van der Waals surface area contributed by atoms with Crippen molar-refractivity contribution in [1.29, 1.82) is 0 Å². The first-order valence-corrected chi connectivity index (χ1v) is 8.85. The van der Waals surface area contributed by atoms with Crippen LogP contribution in [0.15, 0.2) is 16.8 Å². The van der Waals surface area contributed by atoms with E-state index in [4.69, 9.17) is 0 Å². The van der Waals surface area contributed by atoms with Gasteiger partial charge in [0.15, 0.2) is 0 Å². The third-order valence-corrected chi connectivity index (χ3v) is 4.69. The van der Waals surface area contributed by atoms with Crippen molar-refractivity contribution in [2.45, 2.75) is 39.2 Å². The molecule has 2 amide bonds. The fraction of sp³-hybridized carbons (Fsp3) is 0.688. The van der Waals surface area contributed by atoms with Gasteiger partial charge in [0.2, 0.25) is 0 Å². The molecule has 5 heteroatoms. The predicted molar refractivity (Wildman–Crippen MR) is 88.9 cm³/mol. The maximum atomic E-state index is 11.8. The van der Waals surface area contributed by atoms with Gasteiger partial charge in [-0.2, -0.15) is 11.3 Å². The number of nitrogens with one attached hydrogen (secondary N) is 2. The van der Waals surface area contributed by atoms with Gasteiger partial charge in [0.1, 0.15) is 0 Å². The van der Waals surface area contributed by atoms with Crippen LogP contribution in [0.1, 0.15) is 32.3 Å². The highest BCUT2D eigenvalue weighted by Crippen LogP contribution is 2.14. The molecule has 1 fully saturated rings. The van der Waals surface area contributed by atoms with Crippen molar-refractivity contribution in [2.24, 2.45) is 5.92 Å². The zero-order valence-electron chi connectivity index (χ0n) is 13.1. The first-order valence-electron chi connectivity index (χ1n) is 7.91. The highest BCUT2D eigenvalue weighted by molar-refractivity contribution is 7.07. The van der Waals surface area contributed by atoms with Crippen LogP contribution in [0, 0.1) is 5.92 Å². The molecule has 1 saturated heterocycles. The fourth-order valence-corrected chi connectivity index (χ4v) is 3.59. The Morgan fingerprint density at radius 2 is 2.43 bits per heavy atom. The average molecular weight is 309 g/mol. The lowest BCUT2D eigenvalue weighted by molar-refractivity contribution is 0.183. The number of nitrogens with zero attached hydrogens (tertiary/aromatic N) is 1. The van der Waals surface area contributed by atoms with Crippen LogP contribution in [-0.2, 0) is 6.42 Å². The highest BCUT2D eigenvalue weighted by Gasteiger charge is 2.16. The minimum atomic E-state index is -0.0530. The summed E-state index contributed by atoms with van der Waals surface area (Å²) in [6.45, 7) is 8.36. The van der Waals surface area contributed by atoms with Crippen LogP contribution in [0.2, 0.25) is 0 Å². The van der Waals surface area contributed by atoms with Gasteiger partial charge in [-0.3, -0.25) is 0 Å². The molecule has 2 rings (SSSR count). The summed E-state index contributed by atoms with van der Waals surface area (Å²) in [6.07, 6.45) is 3.51. The Morgan fingerprint density at radius 1 is 1.57 bits per heavy atom. The Kier molecular flexibility index (Phi) is 6.51. The average Bonchev–Trinajstić information content (AvgIpc) is 2.91. The Hall–Kier alpha value is -1.07. The van der Waals surface area contributed by atoms with Crippen LogP contribution in [0.3, 0.4) is 0 Å². The summed E-state index contributed by atoms with van der Waals surface area (Å²) in [5.74, 6) is 0.790. The molecule has 2 heterocycles. The van der Waals surface area contributed by atoms with Gasteiger partial charge in [-0.1, -0.05) is 6.92 Å². The van der Waals surface area contributed by atoms with Crippen LogP contribution < -0.4 is 10.6 Å². The number of piperidine rings is 1. The number of amides is 2. The van der Waals surface area contributed by atoms with E-state index in [9.17, 15) is 4.79 Å². The molecule has 118 valence electrons. The largest absolute Gasteiger partial charge is 0.337 e. The van der Waals surface area contributed by atoms with Crippen molar-refractivity contribution in [1.82, 2.24) is 15.5 Å². The summed E-state index contributed by atoms with van der Waals surface area (Å²) < 4.78 is 0. The van der Waals surface area contributed by atoms with Gasteiger partial charge in [-0.25, -0.2) is 4.79 Å². The molecule has 2 N–H and O–H groups in total. The normalized spacial score (nSPS) is 21.0. The number of carbonyl (C=O) groups excluding carboxylic acids is 1. The molecule has 1 aliphatic rings. The molecule has 0 saturated carbocycles. The zero-order valence-corrected chi connectivity index (χ0v) is 13.9. The molecule has 1 aromatic heterocycles. The third-order valence-electron chi connectivity index (χ3n) is 3.95. The second kappa shape index (κ2) is 8.39. The molecule has 21 heavy (non-hydrogen) atoms. The summed E-state index contributed by atoms with van der Waals surface area (Å²) in [7, 11) is 0. The number of rotatable bonds is 6. The minimum Gasteiger partial charge on any atom is -0.337 e. The molecule has 0 bridgehead atoms. The second-order valence-corrected chi connectivity index (χ2v) is 6.97. The van der Waals surface area contributed by atoms with Crippen LogP contribution in [0.5, 0.6) is 0 Å². The fourth-order valence-electron chi connectivity index (χ4n) is 2.91. The molecule has 2 atom stereocenters. The van der Waals surface area contributed by atoms with Gasteiger partial charge < -0.3 is 15.5 Å². The quantitative estimate of drug-likeness (QED) is 0.848. The molecule has 0 aliphatic carbocycles. The Bertz CT molecular complexity index is 421. The molecule has 0 spiro atoms. The van der Waals surface area contributed by atoms with E-state index in [-0.39, 0.29) is 12.1 Å². The topological polar surface area (TPSA) is 44.4 Å². The lowest BCUT2D eigenvalue weighted by Crippen LogP contribution is -2.45. The summed E-state index contributed by atoms with van der Waals surface area (Å²) in [5, 5.41) is 10.2. The third kappa shape index (κ3) is 6.06. The van der Waals surface area contributed by atoms with Crippen molar-refractivity contribution in [3.8, 4) is 0 Å². The van der Waals surface area contributed by atoms with Crippen LogP contribution >= 0.6 is 11.3 Å². The summed E-state index contributed by atoms with van der Waals surface area (Å²) >= 11 is 1.70. The lowest BCUT2D eigenvalue weighted by atomic mass is 10.0. The van der Waals surface area contributed by atoms with E-state index in [2.05, 4.69) is 39.3 Å². The van der Waals surface area contributed by atoms with Crippen LogP contribution in [0.4, 0.5) is 4.79 Å². The van der Waals surface area contributed by atoms with Gasteiger partial charge in [0, 0.05) is 25.7 Å². The number of urea groups is 1. The van der Waals surface area contributed by atoms with E-state index in [0.29, 0.717) is 0 Å². The van der Waals surface area contributed by atoms with E-state index in [1.54, 1.807) is 11.3 Å². The van der Waals surface area contributed by atoms with Crippen molar-refractivity contribution in [2.75, 3.05) is 26.2 Å². The van der Waals surface area contributed by atoms with Crippen molar-refractivity contribution < 1.29 is 4.79 Å². The smallest absolute Gasteiger partial charge is 0.315 e. The lowest BCUT2D eigenvalue weighted by Gasteiger charge is -2.30. The number of carbonyl (C=O) groups is 1. The van der Waals surface area contributed by atoms with Gasteiger partial charge in [0.05, 0.1) is 0 Å². The highest BCUT2D eigenvalue weighted by atomic mass is 32.1. The molecular weight excluding hydrogens is 282 g/mol. The van der Waals surface area contributed by atoms with E-state index in [1.165, 1.54) is 24.9 Å². The Balaban J connectivity index is 1.58. The van der Waals surface area contributed by atoms with E-state index in [1.807, 2.05) is 6.92 Å². The Morgan fingerprint density at radius 3 is 3.14 bits per heavy atom. The van der Waals surface area contributed by atoms with E-state index >= 15 is 0 Å². The number of hydrogen-bond acceptors (Lipinski definition) is 3. The number of thiophene rings is 1. The summed E-state index contributed by atoms with van der Waals surface area (Å²) in [5.41, 5.74) is 1.29. The Labute approximate surface area is 131 Å². The standard InChI is InChI=1S/C16H27N3OS/c1-13-4-3-7-19(11-13)8-6-17-16(20)18-14(2)10-15-5-9-21-12-15/h5,9,12-14H,3-4,6-8,10-11H2,1-2H3,(H2,17,18,20)/t13-,14-/m1/s1. The van der Waals surface area contributed by atoms with Gasteiger partial charge in [-0.15, -0.1) is 0 Å². The first-order chi connectivity index (χ1) is 10.1. The van der Waals surface area contributed by atoms with Crippen molar-refractivity contribution >= 4 is 17.4 Å². The van der Waals surface area contributed by atoms with Crippen molar-refractivity contribution in [3.63, 3.8) is 0 Å². The van der Waals surface area contributed by atoms with Crippen LogP contribution in [-0.4, -0.2) is 43.2 Å². The van der Waals surface area contributed by atoms with E-state index in [0.717, 1.165) is 32.0 Å². The first kappa shape index (κ1) is 16.3. The summed E-state index contributed by atoms with van der Waals surface area (Å²) in [6, 6.07) is 2.22. The van der Waals surface area contributed by atoms with Crippen LogP contribution in [0.25, 0.3) is 0 Å². The molecule has 0 unspecified atom stereocenters. The molecule has 0 aromatic carbocycles. The predicted octanol–water partition coefficient (Wildman–Crippen LogP) is 2.71. The SMILES string of the molecule is C[C@@H]1CCCN(CCNC(=O)N[C@H](C)Cc2ccsc2)C1. The molecule has 4 nitrogen and oxygen atoms in total. The summed E-state index contributed by atoms with van der Waals surface area (Å²) in [4.78, 5) is 14.3. The molecule has 1 aliphatic heterocycles. The van der Waals surface area contributed by atoms with Gasteiger partial charge in [0.25, 0.3) is 0 Å².